The fourth-order valence-electron chi connectivity index (χ4n) is 6.44. The second-order valence-electron chi connectivity index (χ2n) is 10.8. The van der Waals surface area contributed by atoms with Crippen molar-refractivity contribution in [3.05, 3.63) is 132 Å². The molecule has 2 aromatic heterocycles. The van der Waals surface area contributed by atoms with Gasteiger partial charge >= 0.3 is 0 Å². The molecule has 0 N–H and O–H groups in total. The summed E-state index contributed by atoms with van der Waals surface area (Å²) in [7, 11) is 0. The van der Waals surface area contributed by atoms with Crippen LogP contribution >= 0.6 is 11.8 Å². The van der Waals surface area contributed by atoms with E-state index in [9.17, 15) is 0 Å². The molecular weight excluding hydrogens is 520 g/mol. The third kappa shape index (κ3) is 3.59. The SMILES string of the molecule is c1ccc2c(c1)oc1cc(-c3ccc4c(c3)-c3cc(-c5cccc6oc7ccccc7c56)ccc3CSC4)ccc12. The van der Waals surface area contributed by atoms with Gasteiger partial charge in [0, 0.05) is 33.1 Å². The van der Waals surface area contributed by atoms with Crippen LogP contribution in [0.2, 0.25) is 0 Å². The number of thioether (sulfide) groups is 1. The molecule has 2 nitrogen and oxygen atoms in total. The smallest absolute Gasteiger partial charge is 0.136 e. The van der Waals surface area contributed by atoms with Crippen LogP contribution in [-0.2, 0) is 11.5 Å². The van der Waals surface area contributed by atoms with Gasteiger partial charge in [-0.1, -0.05) is 78.9 Å². The van der Waals surface area contributed by atoms with Gasteiger partial charge in [-0.15, -0.1) is 0 Å². The van der Waals surface area contributed by atoms with Crippen molar-refractivity contribution in [1.29, 1.82) is 0 Å². The van der Waals surface area contributed by atoms with Gasteiger partial charge in [0.1, 0.15) is 22.3 Å². The maximum atomic E-state index is 6.22. The first-order valence-corrected chi connectivity index (χ1v) is 15.1. The van der Waals surface area contributed by atoms with Crippen LogP contribution in [0.5, 0.6) is 0 Å². The zero-order valence-corrected chi connectivity index (χ0v) is 23.0. The lowest BCUT2D eigenvalue weighted by atomic mass is 9.89. The number of hydrogen-bond acceptors (Lipinski definition) is 3. The Labute approximate surface area is 241 Å². The maximum absolute atomic E-state index is 6.22. The van der Waals surface area contributed by atoms with E-state index in [0.717, 1.165) is 50.0 Å². The molecule has 0 bridgehead atoms. The van der Waals surface area contributed by atoms with E-state index in [1.54, 1.807) is 0 Å². The molecule has 41 heavy (non-hydrogen) atoms. The van der Waals surface area contributed by atoms with E-state index >= 15 is 0 Å². The van der Waals surface area contributed by atoms with Gasteiger partial charge in [0.2, 0.25) is 0 Å². The van der Waals surface area contributed by atoms with E-state index in [2.05, 4.69) is 97.1 Å². The summed E-state index contributed by atoms with van der Waals surface area (Å²) < 4.78 is 12.4. The number of benzene rings is 6. The first-order chi connectivity index (χ1) is 20.3. The molecule has 0 amide bonds. The molecular formula is C38H24O2S. The number of hydrogen-bond donors (Lipinski definition) is 0. The number of furan rings is 2. The average Bonchev–Trinajstić information content (AvgIpc) is 3.53. The lowest BCUT2D eigenvalue weighted by molar-refractivity contribution is 0.668. The largest absolute Gasteiger partial charge is 0.456 e. The highest BCUT2D eigenvalue weighted by atomic mass is 32.2. The maximum Gasteiger partial charge on any atom is 0.136 e. The fourth-order valence-corrected chi connectivity index (χ4v) is 7.49. The molecule has 0 spiro atoms. The van der Waals surface area contributed by atoms with Gasteiger partial charge in [0.15, 0.2) is 0 Å². The Morgan fingerprint density at radius 1 is 0.415 bits per heavy atom. The van der Waals surface area contributed by atoms with E-state index in [1.807, 2.05) is 36.0 Å². The van der Waals surface area contributed by atoms with Crippen LogP contribution in [0.1, 0.15) is 11.1 Å². The molecule has 0 saturated carbocycles. The molecule has 3 heteroatoms. The van der Waals surface area contributed by atoms with Crippen LogP contribution in [0.15, 0.2) is 130 Å². The predicted octanol–water partition coefficient (Wildman–Crippen LogP) is 11.2. The Balaban J connectivity index is 1.21. The predicted molar refractivity (Wildman–Crippen MR) is 172 cm³/mol. The third-order valence-corrected chi connectivity index (χ3v) is 9.48. The highest BCUT2D eigenvalue weighted by Crippen LogP contribution is 2.43. The van der Waals surface area contributed by atoms with Crippen molar-refractivity contribution in [3.63, 3.8) is 0 Å². The van der Waals surface area contributed by atoms with Crippen molar-refractivity contribution in [3.8, 4) is 33.4 Å². The zero-order chi connectivity index (χ0) is 26.9. The minimum absolute atomic E-state index is 0.928. The summed E-state index contributed by atoms with van der Waals surface area (Å²) in [4.78, 5) is 0. The zero-order valence-electron chi connectivity index (χ0n) is 22.2. The Morgan fingerprint density at radius 2 is 1.00 bits per heavy atom. The molecule has 9 rings (SSSR count). The molecule has 8 aromatic rings. The van der Waals surface area contributed by atoms with Crippen molar-refractivity contribution in [2.75, 3.05) is 0 Å². The minimum atomic E-state index is 0.928. The molecule has 0 saturated heterocycles. The standard InChI is InChI=1S/C38H24O2S/c1-3-9-34-29(6-1)30-17-16-24(20-37(30)40-34)23-12-14-26-21-41-22-27-15-13-25(19-33(27)32(26)18-23)28-8-5-11-36-38(28)31-7-2-4-10-35(31)39-36/h1-20H,21-22H2. The first kappa shape index (κ1) is 23.0. The summed E-state index contributed by atoms with van der Waals surface area (Å²) in [6.07, 6.45) is 0. The van der Waals surface area contributed by atoms with Gasteiger partial charge < -0.3 is 8.83 Å². The molecule has 3 heterocycles. The Morgan fingerprint density at radius 3 is 1.83 bits per heavy atom. The molecule has 1 aliphatic heterocycles. The van der Waals surface area contributed by atoms with Gasteiger partial charge in [-0.05, 0) is 87.0 Å². The molecule has 0 atom stereocenters. The quantitative estimate of drug-likeness (QED) is 0.216. The summed E-state index contributed by atoms with van der Waals surface area (Å²) in [5.74, 6) is 2.01. The topological polar surface area (TPSA) is 26.3 Å². The number of rotatable bonds is 2. The van der Waals surface area contributed by atoms with E-state index in [1.165, 1.54) is 49.9 Å². The molecule has 194 valence electrons. The Hall–Kier alpha value is -4.73. The highest BCUT2D eigenvalue weighted by molar-refractivity contribution is 7.97. The average molecular weight is 545 g/mol. The van der Waals surface area contributed by atoms with Gasteiger partial charge in [0.25, 0.3) is 0 Å². The molecule has 1 aliphatic rings. The second kappa shape index (κ2) is 8.89. The van der Waals surface area contributed by atoms with Crippen LogP contribution < -0.4 is 0 Å². The molecule has 0 aliphatic carbocycles. The van der Waals surface area contributed by atoms with E-state index in [0.29, 0.717) is 0 Å². The van der Waals surface area contributed by atoms with Crippen molar-refractivity contribution in [2.45, 2.75) is 11.5 Å². The summed E-state index contributed by atoms with van der Waals surface area (Å²) >= 11 is 1.98. The minimum Gasteiger partial charge on any atom is -0.456 e. The third-order valence-electron chi connectivity index (χ3n) is 8.45. The van der Waals surface area contributed by atoms with Crippen LogP contribution in [-0.4, -0.2) is 0 Å². The van der Waals surface area contributed by atoms with Crippen LogP contribution in [0, 0.1) is 0 Å². The van der Waals surface area contributed by atoms with Crippen molar-refractivity contribution in [1.82, 2.24) is 0 Å². The lowest BCUT2D eigenvalue weighted by Gasteiger charge is -2.14. The molecule has 0 radical (unpaired) electrons. The monoisotopic (exact) mass is 544 g/mol. The van der Waals surface area contributed by atoms with Crippen molar-refractivity contribution >= 4 is 55.6 Å². The van der Waals surface area contributed by atoms with Crippen LogP contribution in [0.3, 0.4) is 0 Å². The molecule has 0 unspecified atom stereocenters. The molecule has 6 aromatic carbocycles. The van der Waals surface area contributed by atoms with Gasteiger partial charge in [-0.3, -0.25) is 0 Å². The second-order valence-corrected chi connectivity index (χ2v) is 11.8. The number of fused-ring (bicyclic) bond motifs is 9. The van der Waals surface area contributed by atoms with Crippen molar-refractivity contribution < 1.29 is 8.83 Å². The van der Waals surface area contributed by atoms with E-state index in [-0.39, 0.29) is 0 Å². The Kier molecular flexibility index (Phi) is 4.99. The number of para-hydroxylation sites is 2. The summed E-state index contributed by atoms with van der Waals surface area (Å²) in [6, 6.07) is 43.5. The first-order valence-electron chi connectivity index (χ1n) is 14.0. The summed E-state index contributed by atoms with van der Waals surface area (Å²) in [6.45, 7) is 0. The van der Waals surface area contributed by atoms with E-state index in [4.69, 9.17) is 8.83 Å². The van der Waals surface area contributed by atoms with Crippen molar-refractivity contribution in [2.24, 2.45) is 0 Å². The van der Waals surface area contributed by atoms with Gasteiger partial charge in [-0.2, -0.15) is 11.8 Å². The van der Waals surface area contributed by atoms with E-state index < -0.39 is 0 Å². The normalized spacial score (nSPS) is 13.1. The Bertz CT molecular complexity index is 2300. The summed E-state index contributed by atoms with van der Waals surface area (Å²) in [5, 5.41) is 4.66. The van der Waals surface area contributed by atoms with Crippen LogP contribution in [0.4, 0.5) is 0 Å². The fraction of sp³-hybridized carbons (Fsp3) is 0.0526. The highest BCUT2D eigenvalue weighted by Gasteiger charge is 2.19. The van der Waals surface area contributed by atoms with Crippen LogP contribution in [0.25, 0.3) is 77.3 Å². The summed E-state index contributed by atoms with van der Waals surface area (Å²) in [5.41, 5.74) is 13.9. The molecule has 0 fully saturated rings. The lowest BCUT2D eigenvalue weighted by Crippen LogP contribution is -1.91. The van der Waals surface area contributed by atoms with Gasteiger partial charge in [0.05, 0.1) is 0 Å². The van der Waals surface area contributed by atoms with Gasteiger partial charge in [-0.25, -0.2) is 0 Å².